The van der Waals surface area contributed by atoms with E-state index in [1.54, 1.807) is 18.2 Å². The van der Waals surface area contributed by atoms with Gasteiger partial charge in [0.15, 0.2) is 5.82 Å². The van der Waals surface area contributed by atoms with Gasteiger partial charge in [-0.05, 0) is 80.9 Å². The summed E-state index contributed by atoms with van der Waals surface area (Å²) in [5.41, 5.74) is 0.913. The Morgan fingerprint density at radius 1 is 1.02 bits per heavy atom. The van der Waals surface area contributed by atoms with Gasteiger partial charge in [-0.25, -0.2) is 4.39 Å². The van der Waals surface area contributed by atoms with E-state index in [1.807, 2.05) is 24.3 Å². The molecule has 3 aromatic carbocycles. The van der Waals surface area contributed by atoms with Gasteiger partial charge in [0.05, 0.1) is 5.02 Å². The van der Waals surface area contributed by atoms with Crippen LogP contribution in [0.4, 0.5) is 10.2 Å². The van der Waals surface area contributed by atoms with Crippen LogP contribution >= 0.6 is 11.6 Å². The third kappa shape index (κ3) is 4.33. The number of nitrogens with zero attached hydrogens (tertiary/aromatic N) is 5. The molecule has 0 aliphatic carbocycles. The van der Waals surface area contributed by atoms with E-state index >= 15 is 4.39 Å². The topological polar surface area (TPSA) is 65.0 Å². The standard InChI is InChI=1S/C31H33ClFN5O2/c1-36-11-5-7-21(36)17-40-31-34-29-25(30(35-31)38-15-19-9-10-20(16-38)37(19)2)14-26(32)27(28(29)33)24-13-22(39)12-18-6-3-4-8-23(18)24/h3-4,6,8,12-14,19-21,39H,5,7,9-11,15-17H2,1-2H3/t19?,20?,21-/m0/s1. The molecule has 2 unspecified atom stereocenters. The maximum atomic E-state index is 16.7. The molecule has 208 valence electrons. The molecule has 9 heteroatoms. The van der Waals surface area contributed by atoms with Gasteiger partial charge in [0, 0.05) is 42.2 Å². The molecule has 1 aromatic heterocycles. The lowest BCUT2D eigenvalue weighted by molar-refractivity contribution is 0.187. The number of hydrogen-bond acceptors (Lipinski definition) is 7. The highest BCUT2D eigenvalue weighted by atomic mass is 35.5. The minimum absolute atomic E-state index is 0.0465. The molecule has 0 radical (unpaired) electrons. The smallest absolute Gasteiger partial charge is 0.319 e. The number of aromatic hydroxyl groups is 1. The highest BCUT2D eigenvalue weighted by Crippen LogP contribution is 2.43. The van der Waals surface area contributed by atoms with E-state index in [9.17, 15) is 5.11 Å². The second-order valence-electron chi connectivity index (χ2n) is 11.5. The first-order valence-corrected chi connectivity index (χ1v) is 14.5. The predicted molar refractivity (Wildman–Crippen MR) is 157 cm³/mol. The normalized spacial score (nSPS) is 23.5. The Morgan fingerprint density at radius 3 is 2.55 bits per heavy atom. The summed E-state index contributed by atoms with van der Waals surface area (Å²) in [6.07, 6.45) is 4.47. The van der Waals surface area contributed by atoms with Crippen LogP contribution in [0.2, 0.25) is 5.02 Å². The Hall–Kier alpha value is -3.20. The van der Waals surface area contributed by atoms with Gasteiger partial charge in [0.25, 0.3) is 0 Å². The van der Waals surface area contributed by atoms with Gasteiger partial charge < -0.3 is 19.6 Å². The fourth-order valence-electron chi connectivity index (χ4n) is 6.86. The first-order chi connectivity index (χ1) is 19.4. The number of likely N-dealkylation sites (tertiary alicyclic amines) is 1. The molecule has 4 aromatic rings. The van der Waals surface area contributed by atoms with Crippen LogP contribution in [0.15, 0.2) is 42.5 Å². The minimum Gasteiger partial charge on any atom is -0.508 e. The third-order valence-electron chi connectivity index (χ3n) is 9.18. The van der Waals surface area contributed by atoms with Crippen molar-refractivity contribution in [3.8, 4) is 22.9 Å². The molecule has 4 heterocycles. The van der Waals surface area contributed by atoms with Gasteiger partial charge in [0.1, 0.15) is 23.7 Å². The van der Waals surface area contributed by atoms with Gasteiger partial charge in [-0.2, -0.15) is 9.97 Å². The van der Waals surface area contributed by atoms with Crippen molar-refractivity contribution in [2.24, 2.45) is 0 Å². The Balaban J connectivity index is 1.38. The van der Waals surface area contributed by atoms with E-state index in [-0.39, 0.29) is 33.9 Å². The quantitative estimate of drug-likeness (QED) is 0.335. The average Bonchev–Trinajstić information content (AvgIpc) is 3.42. The maximum absolute atomic E-state index is 16.7. The zero-order valence-corrected chi connectivity index (χ0v) is 23.5. The number of rotatable bonds is 5. The largest absolute Gasteiger partial charge is 0.508 e. The lowest BCUT2D eigenvalue weighted by atomic mass is 9.96. The number of halogens is 2. The van der Waals surface area contributed by atoms with Crippen molar-refractivity contribution >= 4 is 39.1 Å². The Morgan fingerprint density at radius 2 is 1.80 bits per heavy atom. The molecule has 1 N–H and O–H groups in total. The molecule has 40 heavy (non-hydrogen) atoms. The maximum Gasteiger partial charge on any atom is 0.319 e. The molecule has 3 aliphatic rings. The van der Waals surface area contributed by atoms with Crippen LogP contribution in [0.3, 0.4) is 0 Å². The molecule has 0 saturated carbocycles. The lowest BCUT2D eigenvalue weighted by Gasteiger charge is -2.39. The van der Waals surface area contributed by atoms with E-state index in [1.165, 1.54) is 0 Å². The third-order valence-corrected chi connectivity index (χ3v) is 9.48. The van der Waals surface area contributed by atoms with Crippen LogP contribution in [0.1, 0.15) is 25.7 Å². The van der Waals surface area contributed by atoms with E-state index in [4.69, 9.17) is 21.3 Å². The van der Waals surface area contributed by atoms with Gasteiger partial charge in [-0.15, -0.1) is 0 Å². The molecule has 3 aliphatic heterocycles. The zero-order valence-electron chi connectivity index (χ0n) is 22.8. The van der Waals surface area contributed by atoms with Crippen molar-refractivity contribution in [3.05, 3.63) is 53.3 Å². The average molecular weight is 562 g/mol. The number of phenols is 1. The zero-order chi connectivity index (χ0) is 27.5. The number of ether oxygens (including phenoxy) is 1. The fourth-order valence-corrected chi connectivity index (χ4v) is 7.16. The number of likely N-dealkylation sites (N-methyl/N-ethyl adjacent to an activating group) is 2. The first-order valence-electron chi connectivity index (χ1n) is 14.1. The SMILES string of the molecule is CN1C2CCC1CN(c1nc(OC[C@@H]3CCCN3C)nc3c(F)c(-c4cc(O)cc5ccccc45)c(Cl)cc13)C2. The number of piperazine rings is 1. The molecule has 0 amide bonds. The van der Waals surface area contributed by atoms with Crippen molar-refractivity contribution < 1.29 is 14.2 Å². The Labute approximate surface area is 238 Å². The number of benzene rings is 3. The summed E-state index contributed by atoms with van der Waals surface area (Å²) in [6, 6.07) is 13.9. The van der Waals surface area contributed by atoms with Crippen LogP contribution in [-0.2, 0) is 0 Å². The molecule has 2 bridgehead atoms. The summed E-state index contributed by atoms with van der Waals surface area (Å²) in [5, 5.41) is 12.9. The molecular weight excluding hydrogens is 529 g/mol. The van der Waals surface area contributed by atoms with Crippen LogP contribution in [0, 0.1) is 5.82 Å². The number of hydrogen-bond donors (Lipinski definition) is 1. The van der Waals surface area contributed by atoms with E-state index in [0.29, 0.717) is 35.5 Å². The van der Waals surface area contributed by atoms with Crippen LogP contribution in [0.25, 0.3) is 32.8 Å². The summed E-state index contributed by atoms with van der Waals surface area (Å²) in [4.78, 5) is 16.5. The molecular formula is C31H33ClFN5O2. The fraction of sp³-hybridized carbons (Fsp3) is 0.419. The molecule has 0 spiro atoms. The van der Waals surface area contributed by atoms with Gasteiger partial charge in [-0.3, -0.25) is 4.90 Å². The summed E-state index contributed by atoms with van der Waals surface area (Å²) in [5.74, 6) is 0.171. The number of anilines is 1. The summed E-state index contributed by atoms with van der Waals surface area (Å²) in [6.45, 7) is 3.11. The second kappa shape index (κ2) is 10.0. The number of phenolic OH excluding ortho intramolecular Hbond substituents is 1. The second-order valence-corrected chi connectivity index (χ2v) is 11.9. The van der Waals surface area contributed by atoms with Crippen molar-refractivity contribution in [2.45, 2.75) is 43.8 Å². The van der Waals surface area contributed by atoms with Gasteiger partial charge >= 0.3 is 6.01 Å². The van der Waals surface area contributed by atoms with Gasteiger partial charge in [-0.1, -0.05) is 35.9 Å². The molecule has 3 fully saturated rings. The summed E-state index contributed by atoms with van der Waals surface area (Å²) >= 11 is 6.86. The summed E-state index contributed by atoms with van der Waals surface area (Å²) in [7, 11) is 4.29. The highest BCUT2D eigenvalue weighted by Gasteiger charge is 2.39. The van der Waals surface area contributed by atoms with Gasteiger partial charge in [0.2, 0.25) is 0 Å². The van der Waals surface area contributed by atoms with E-state index in [0.717, 1.165) is 56.1 Å². The molecule has 3 atom stereocenters. The van der Waals surface area contributed by atoms with E-state index in [2.05, 4.69) is 33.8 Å². The van der Waals surface area contributed by atoms with Crippen molar-refractivity contribution in [1.82, 2.24) is 19.8 Å². The van der Waals surface area contributed by atoms with Crippen LogP contribution < -0.4 is 9.64 Å². The minimum atomic E-state index is -0.540. The monoisotopic (exact) mass is 561 g/mol. The predicted octanol–water partition coefficient (Wildman–Crippen LogP) is 5.70. The first kappa shape index (κ1) is 25.7. The number of aromatic nitrogens is 2. The van der Waals surface area contributed by atoms with Crippen molar-refractivity contribution in [2.75, 3.05) is 45.2 Å². The van der Waals surface area contributed by atoms with Crippen LogP contribution in [0.5, 0.6) is 11.8 Å². The van der Waals surface area contributed by atoms with Crippen LogP contribution in [-0.4, -0.2) is 83.3 Å². The van der Waals surface area contributed by atoms with Crippen molar-refractivity contribution in [3.63, 3.8) is 0 Å². The molecule has 7 nitrogen and oxygen atoms in total. The summed E-state index contributed by atoms with van der Waals surface area (Å²) < 4.78 is 22.9. The van der Waals surface area contributed by atoms with E-state index < -0.39 is 5.82 Å². The number of fused-ring (bicyclic) bond motifs is 4. The Kier molecular flexibility index (Phi) is 6.45. The molecule has 7 rings (SSSR count). The Bertz CT molecular complexity index is 1600. The molecule has 3 saturated heterocycles. The highest BCUT2D eigenvalue weighted by molar-refractivity contribution is 6.35. The van der Waals surface area contributed by atoms with Crippen molar-refractivity contribution in [1.29, 1.82) is 0 Å². The lowest BCUT2D eigenvalue weighted by Crippen LogP contribution is -2.52.